The molecule has 2 saturated heterocycles. The molecule has 0 atom stereocenters. The van der Waals surface area contributed by atoms with Gasteiger partial charge in [-0.15, -0.1) is 0 Å². The zero-order valence-electron chi connectivity index (χ0n) is 19.5. The van der Waals surface area contributed by atoms with Gasteiger partial charge in [-0.2, -0.15) is 0 Å². The van der Waals surface area contributed by atoms with Crippen molar-refractivity contribution in [3.8, 4) is 11.1 Å². The number of piperazine rings is 1. The summed E-state index contributed by atoms with van der Waals surface area (Å²) in [5.74, 6) is 0.449. The second-order valence-electron chi connectivity index (χ2n) is 9.71. The summed E-state index contributed by atoms with van der Waals surface area (Å²) in [6.45, 7) is 4.59. The van der Waals surface area contributed by atoms with Crippen LogP contribution in [-0.4, -0.2) is 78.3 Å². The number of nitrogens with zero attached hydrogens (tertiary/aromatic N) is 2. The molecule has 7 heteroatoms. The summed E-state index contributed by atoms with van der Waals surface area (Å²) in [6, 6.07) is 16.1. The maximum absolute atomic E-state index is 13.0. The third kappa shape index (κ3) is 5.10. The number of hydrogen-bond acceptors (Lipinski definition) is 5. The van der Waals surface area contributed by atoms with E-state index < -0.39 is 5.60 Å². The number of aliphatic hydroxyl groups is 1. The molecule has 0 unspecified atom stereocenters. The Kier molecular flexibility index (Phi) is 6.57. The van der Waals surface area contributed by atoms with E-state index in [0.717, 1.165) is 49.4 Å². The molecule has 0 aromatic heterocycles. The zero-order chi connectivity index (χ0) is 23.5. The van der Waals surface area contributed by atoms with Crippen molar-refractivity contribution >= 4 is 17.5 Å². The quantitative estimate of drug-likeness (QED) is 0.688. The zero-order valence-corrected chi connectivity index (χ0v) is 19.5. The van der Waals surface area contributed by atoms with Crippen LogP contribution in [0.2, 0.25) is 0 Å². The van der Waals surface area contributed by atoms with Crippen molar-refractivity contribution in [1.29, 1.82) is 0 Å². The highest BCUT2D eigenvalue weighted by Gasteiger charge is 2.50. The number of amides is 2. The van der Waals surface area contributed by atoms with Crippen LogP contribution in [0.3, 0.4) is 0 Å². The van der Waals surface area contributed by atoms with Crippen molar-refractivity contribution in [2.45, 2.75) is 31.3 Å². The fourth-order valence-corrected chi connectivity index (χ4v) is 4.75. The summed E-state index contributed by atoms with van der Waals surface area (Å²) in [5, 5.41) is 13.6. The summed E-state index contributed by atoms with van der Waals surface area (Å²) in [5.41, 5.74) is 2.80. The first-order chi connectivity index (χ1) is 16.5. The van der Waals surface area contributed by atoms with E-state index in [-0.39, 0.29) is 11.8 Å². The molecule has 2 aromatic rings. The van der Waals surface area contributed by atoms with Gasteiger partial charge in [0.1, 0.15) is 5.60 Å². The number of nitrogens with one attached hydrogen (secondary N) is 1. The maximum atomic E-state index is 13.0. The van der Waals surface area contributed by atoms with E-state index in [1.54, 1.807) is 9.80 Å². The van der Waals surface area contributed by atoms with Crippen molar-refractivity contribution in [1.82, 2.24) is 9.80 Å². The molecule has 7 nitrogen and oxygen atoms in total. The molecule has 1 saturated carbocycles. The van der Waals surface area contributed by atoms with E-state index in [0.29, 0.717) is 50.5 Å². The molecule has 0 spiro atoms. The van der Waals surface area contributed by atoms with Crippen molar-refractivity contribution < 1.29 is 19.4 Å². The first-order valence-corrected chi connectivity index (χ1v) is 12.3. The third-order valence-electron chi connectivity index (χ3n) is 7.24. The van der Waals surface area contributed by atoms with Gasteiger partial charge in [0.25, 0.3) is 11.8 Å². The Morgan fingerprint density at radius 3 is 2.29 bits per heavy atom. The molecular weight excluding hydrogens is 430 g/mol. The van der Waals surface area contributed by atoms with Crippen molar-refractivity contribution in [2.75, 3.05) is 51.3 Å². The van der Waals surface area contributed by atoms with Gasteiger partial charge in [0.05, 0.1) is 0 Å². The van der Waals surface area contributed by atoms with Crippen LogP contribution in [0, 0.1) is 5.92 Å². The molecule has 34 heavy (non-hydrogen) atoms. The number of ether oxygens (including phenoxy) is 1. The molecule has 2 heterocycles. The molecule has 2 amide bonds. The molecule has 2 N–H and O–H groups in total. The average molecular weight is 464 g/mol. The van der Waals surface area contributed by atoms with Gasteiger partial charge in [-0.25, -0.2) is 0 Å². The van der Waals surface area contributed by atoms with E-state index in [9.17, 15) is 14.7 Å². The summed E-state index contributed by atoms with van der Waals surface area (Å²) < 4.78 is 5.44. The van der Waals surface area contributed by atoms with Gasteiger partial charge in [0.2, 0.25) is 0 Å². The van der Waals surface area contributed by atoms with Crippen LogP contribution in [0.4, 0.5) is 5.69 Å². The van der Waals surface area contributed by atoms with Crippen LogP contribution in [0.15, 0.2) is 48.5 Å². The first-order valence-electron chi connectivity index (χ1n) is 12.3. The Morgan fingerprint density at radius 2 is 1.62 bits per heavy atom. The topological polar surface area (TPSA) is 82.1 Å². The molecule has 0 bridgehead atoms. The van der Waals surface area contributed by atoms with Gasteiger partial charge >= 0.3 is 0 Å². The lowest BCUT2D eigenvalue weighted by Gasteiger charge is -2.35. The van der Waals surface area contributed by atoms with Gasteiger partial charge in [0.15, 0.2) is 0 Å². The van der Waals surface area contributed by atoms with Crippen molar-refractivity contribution in [3.05, 3.63) is 54.1 Å². The predicted molar refractivity (Wildman–Crippen MR) is 131 cm³/mol. The average Bonchev–Trinajstić information content (AvgIpc) is 3.66. The van der Waals surface area contributed by atoms with E-state index in [1.165, 1.54) is 0 Å². The summed E-state index contributed by atoms with van der Waals surface area (Å²) in [4.78, 5) is 28.8. The maximum Gasteiger partial charge on any atom is 0.254 e. The summed E-state index contributed by atoms with van der Waals surface area (Å²) in [6.07, 6.45) is 3.31. The number of anilines is 1. The molecule has 1 aliphatic carbocycles. The third-order valence-corrected chi connectivity index (χ3v) is 7.24. The normalized spacial score (nSPS) is 20.1. The predicted octanol–water partition coefficient (Wildman–Crippen LogP) is 3.00. The highest BCUT2D eigenvalue weighted by Crippen LogP contribution is 2.37. The number of hydrogen-bond donors (Lipinski definition) is 2. The number of rotatable bonds is 6. The van der Waals surface area contributed by atoms with Crippen LogP contribution in [-0.2, 0) is 9.53 Å². The Bertz CT molecular complexity index is 1020. The van der Waals surface area contributed by atoms with Crippen molar-refractivity contribution in [2.24, 2.45) is 5.92 Å². The van der Waals surface area contributed by atoms with Gasteiger partial charge in [-0.3, -0.25) is 9.59 Å². The second kappa shape index (κ2) is 9.76. The molecule has 5 rings (SSSR count). The molecule has 0 radical (unpaired) electrons. The largest absolute Gasteiger partial charge is 0.385 e. The first kappa shape index (κ1) is 22.9. The SMILES string of the molecule is O=C(c1ccc(-c2cccc(NCC3CCOCC3)c2)cc1)N1CCN(C(=O)C2(O)CC2)CC1. The lowest BCUT2D eigenvalue weighted by atomic mass is 10.00. The molecule has 3 fully saturated rings. The van der Waals surface area contributed by atoms with Crippen LogP contribution >= 0.6 is 0 Å². The molecular formula is C27H33N3O4. The van der Waals surface area contributed by atoms with Crippen LogP contribution in [0.25, 0.3) is 11.1 Å². The van der Waals surface area contributed by atoms with Crippen LogP contribution in [0.5, 0.6) is 0 Å². The van der Waals surface area contributed by atoms with Crippen LogP contribution in [0.1, 0.15) is 36.0 Å². The minimum absolute atomic E-state index is 0.0179. The number of carbonyl (C=O) groups excluding carboxylic acids is 2. The Hall–Kier alpha value is -2.90. The highest BCUT2D eigenvalue weighted by molar-refractivity contribution is 5.95. The van der Waals surface area contributed by atoms with E-state index in [1.807, 2.05) is 24.3 Å². The smallest absolute Gasteiger partial charge is 0.254 e. The summed E-state index contributed by atoms with van der Waals surface area (Å²) >= 11 is 0. The monoisotopic (exact) mass is 463 g/mol. The van der Waals surface area contributed by atoms with Crippen LogP contribution < -0.4 is 5.32 Å². The Balaban J connectivity index is 1.17. The van der Waals surface area contributed by atoms with Crippen molar-refractivity contribution in [3.63, 3.8) is 0 Å². The number of carbonyl (C=O) groups is 2. The molecule has 3 aliphatic rings. The second-order valence-corrected chi connectivity index (χ2v) is 9.71. The van der Waals surface area contributed by atoms with Gasteiger partial charge in [-0.1, -0.05) is 24.3 Å². The Labute approximate surface area is 200 Å². The molecule has 2 aromatic carbocycles. The van der Waals surface area contributed by atoms with Gasteiger partial charge in [-0.05, 0) is 67.0 Å². The van der Waals surface area contributed by atoms with E-state index >= 15 is 0 Å². The summed E-state index contributed by atoms with van der Waals surface area (Å²) in [7, 11) is 0. The van der Waals surface area contributed by atoms with E-state index in [4.69, 9.17) is 4.74 Å². The molecule has 2 aliphatic heterocycles. The fourth-order valence-electron chi connectivity index (χ4n) is 4.75. The minimum Gasteiger partial charge on any atom is -0.385 e. The highest BCUT2D eigenvalue weighted by atomic mass is 16.5. The number of benzene rings is 2. The Morgan fingerprint density at radius 1 is 0.941 bits per heavy atom. The van der Waals surface area contributed by atoms with E-state index in [2.05, 4.69) is 29.6 Å². The van der Waals surface area contributed by atoms with Gasteiger partial charge in [0, 0.05) is 57.2 Å². The van der Waals surface area contributed by atoms with Gasteiger partial charge < -0.3 is 25.0 Å². The fraction of sp³-hybridized carbons (Fsp3) is 0.481. The lowest BCUT2D eigenvalue weighted by Crippen LogP contribution is -2.53. The molecule has 180 valence electrons. The lowest BCUT2D eigenvalue weighted by molar-refractivity contribution is -0.143. The minimum atomic E-state index is -1.14. The standard InChI is InChI=1S/C27H33N3O4/c31-25(29-12-14-30(15-13-29)26(32)27(33)10-11-27)22-6-4-21(5-7-22)23-2-1-3-24(18-23)28-19-20-8-16-34-17-9-20/h1-7,18,20,28,33H,8-17,19H2.